The molecule has 204 valence electrons. The molecule has 9 rings (SSSR count). The Kier molecular flexibility index (Phi) is 5.52. The minimum absolute atomic E-state index is 0.594. The molecule has 0 spiro atoms. The van der Waals surface area contributed by atoms with E-state index in [-0.39, 0.29) is 0 Å². The summed E-state index contributed by atoms with van der Waals surface area (Å²) >= 11 is 8.58. The van der Waals surface area contributed by atoms with Crippen molar-refractivity contribution in [3.63, 3.8) is 0 Å². The van der Waals surface area contributed by atoms with E-state index < -0.39 is 0 Å². The standard InChI is InChI=1S/C37H22ClN3OS/c38-23-19-29-27-18-17-21-9-4-5-12-24(21)33(27)43-34(29)30(20-23)37-40-35(22-10-2-1-3-11-22)39-36(41-37)28-15-8-14-26-25-13-6-7-16-31(25)42-32(26)28/h1-7,9-13,15-20H,8,14H2. The number of nitrogens with zero attached hydrogens (tertiary/aromatic N) is 3. The molecule has 6 heteroatoms. The van der Waals surface area contributed by atoms with Crippen LogP contribution in [0.25, 0.3) is 70.3 Å². The molecule has 0 saturated heterocycles. The summed E-state index contributed by atoms with van der Waals surface area (Å²) in [5.74, 6) is 2.65. The molecule has 3 aromatic heterocycles. The third kappa shape index (κ3) is 3.93. The lowest BCUT2D eigenvalue weighted by atomic mass is 9.95. The van der Waals surface area contributed by atoms with Crippen LogP contribution in [-0.2, 0) is 6.42 Å². The predicted molar refractivity (Wildman–Crippen MR) is 178 cm³/mol. The fourth-order valence-electron chi connectivity index (χ4n) is 6.28. The van der Waals surface area contributed by atoms with E-state index >= 15 is 0 Å². The molecule has 43 heavy (non-hydrogen) atoms. The van der Waals surface area contributed by atoms with Gasteiger partial charge in [-0.3, -0.25) is 0 Å². The molecule has 0 aliphatic heterocycles. The largest absolute Gasteiger partial charge is 0.456 e. The van der Waals surface area contributed by atoms with Gasteiger partial charge in [0.15, 0.2) is 17.5 Å². The summed E-state index contributed by atoms with van der Waals surface area (Å²) in [6.07, 6.45) is 4.00. The third-order valence-electron chi connectivity index (χ3n) is 8.26. The number of furan rings is 1. The van der Waals surface area contributed by atoms with Gasteiger partial charge in [-0.1, -0.05) is 103 Å². The maximum atomic E-state index is 6.81. The number of allylic oxidation sites excluding steroid dienone is 1. The van der Waals surface area contributed by atoms with Crippen molar-refractivity contribution < 1.29 is 4.42 Å². The van der Waals surface area contributed by atoms with E-state index in [1.807, 2.05) is 48.5 Å². The van der Waals surface area contributed by atoms with Crippen molar-refractivity contribution >= 4 is 70.4 Å². The Morgan fingerprint density at radius 1 is 0.651 bits per heavy atom. The summed E-state index contributed by atoms with van der Waals surface area (Å²) < 4.78 is 8.77. The van der Waals surface area contributed by atoms with Gasteiger partial charge >= 0.3 is 0 Å². The Balaban J connectivity index is 1.32. The molecular weight excluding hydrogens is 570 g/mol. The number of para-hydroxylation sites is 1. The Bertz CT molecular complexity index is 2420. The molecule has 0 fully saturated rings. The minimum atomic E-state index is 0.594. The zero-order valence-electron chi connectivity index (χ0n) is 22.8. The highest BCUT2D eigenvalue weighted by molar-refractivity contribution is 7.27. The first-order valence-corrected chi connectivity index (χ1v) is 15.5. The number of halogens is 1. The summed E-state index contributed by atoms with van der Waals surface area (Å²) in [7, 11) is 0. The molecule has 0 saturated carbocycles. The summed E-state index contributed by atoms with van der Waals surface area (Å²) in [6.45, 7) is 0. The van der Waals surface area contributed by atoms with Crippen LogP contribution < -0.4 is 0 Å². The molecule has 1 aliphatic carbocycles. The zero-order chi connectivity index (χ0) is 28.5. The molecule has 8 aromatic rings. The van der Waals surface area contributed by atoms with Crippen LogP contribution in [0.2, 0.25) is 5.02 Å². The molecule has 0 radical (unpaired) electrons. The lowest BCUT2D eigenvalue weighted by Gasteiger charge is -2.14. The van der Waals surface area contributed by atoms with Gasteiger partial charge in [-0.05, 0) is 41.8 Å². The van der Waals surface area contributed by atoms with E-state index in [4.69, 9.17) is 31.0 Å². The number of benzene rings is 5. The van der Waals surface area contributed by atoms with E-state index in [1.165, 1.54) is 26.4 Å². The van der Waals surface area contributed by atoms with Gasteiger partial charge in [0.25, 0.3) is 0 Å². The van der Waals surface area contributed by atoms with Crippen molar-refractivity contribution in [2.24, 2.45) is 0 Å². The average molecular weight is 592 g/mol. The Morgan fingerprint density at radius 2 is 1.42 bits per heavy atom. The second-order valence-electron chi connectivity index (χ2n) is 10.8. The van der Waals surface area contributed by atoms with Gasteiger partial charge in [0.2, 0.25) is 0 Å². The second kappa shape index (κ2) is 9.60. The number of aryl methyl sites for hydroxylation is 1. The van der Waals surface area contributed by atoms with Crippen molar-refractivity contribution in [1.29, 1.82) is 0 Å². The molecule has 0 unspecified atom stereocenters. The quantitative estimate of drug-likeness (QED) is 0.205. The van der Waals surface area contributed by atoms with Crippen LogP contribution >= 0.6 is 22.9 Å². The molecule has 3 heterocycles. The van der Waals surface area contributed by atoms with Gasteiger partial charge in [0, 0.05) is 47.3 Å². The smallest absolute Gasteiger partial charge is 0.167 e. The molecule has 0 atom stereocenters. The first kappa shape index (κ1) is 24.7. The van der Waals surface area contributed by atoms with E-state index in [1.54, 1.807) is 11.3 Å². The topological polar surface area (TPSA) is 51.8 Å². The molecular formula is C37H22ClN3OS. The fourth-order valence-corrected chi connectivity index (χ4v) is 7.83. The number of aromatic nitrogens is 3. The number of thiophene rings is 1. The van der Waals surface area contributed by atoms with E-state index in [0.717, 1.165) is 56.4 Å². The predicted octanol–water partition coefficient (Wildman–Crippen LogP) is 10.5. The number of fused-ring (bicyclic) bond motifs is 8. The minimum Gasteiger partial charge on any atom is -0.456 e. The lowest BCUT2D eigenvalue weighted by molar-refractivity contribution is 0.590. The number of rotatable bonds is 3. The highest BCUT2D eigenvalue weighted by atomic mass is 35.5. The second-order valence-corrected chi connectivity index (χ2v) is 12.3. The van der Waals surface area contributed by atoms with Crippen LogP contribution in [0, 0.1) is 0 Å². The van der Waals surface area contributed by atoms with Gasteiger partial charge in [-0.2, -0.15) is 0 Å². The molecule has 4 nitrogen and oxygen atoms in total. The lowest BCUT2D eigenvalue weighted by Crippen LogP contribution is -2.06. The summed E-state index contributed by atoms with van der Waals surface area (Å²) in [5.41, 5.74) is 4.81. The van der Waals surface area contributed by atoms with Crippen molar-refractivity contribution in [3.8, 4) is 22.8 Å². The van der Waals surface area contributed by atoms with E-state index in [0.29, 0.717) is 22.5 Å². The van der Waals surface area contributed by atoms with E-state index in [9.17, 15) is 0 Å². The number of hydrogen-bond acceptors (Lipinski definition) is 5. The normalized spacial score (nSPS) is 13.2. The molecule has 0 bridgehead atoms. The Hall–Kier alpha value is -4.84. The van der Waals surface area contributed by atoms with Crippen molar-refractivity contribution in [3.05, 3.63) is 131 Å². The van der Waals surface area contributed by atoms with Gasteiger partial charge in [0.05, 0.1) is 5.57 Å². The first-order valence-electron chi connectivity index (χ1n) is 14.3. The summed E-state index contributed by atoms with van der Waals surface area (Å²) in [5, 5.41) is 6.53. The number of hydrogen-bond donors (Lipinski definition) is 0. The summed E-state index contributed by atoms with van der Waals surface area (Å²) in [6, 6.07) is 35.2. The Labute approximate surface area is 255 Å². The van der Waals surface area contributed by atoms with Crippen LogP contribution in [0.5, 0.6) is 0 Å². The fraction of sp³-hybridized carbons (Fsp3) is 0.0541. The van der Waals surface area contributed by atoms with Gasteiger partial charge in [-0.25, -0.2) is 15.0 Å². The first-order chi connectivity index (χ1) is 21.2. The van der Waals surface area contributed by atoms with Crippen LogP contribution in [0.4, 0.5) is 0 Å². The molecule has 0 amide bonds. The highest BCUT2D eigenvalue weighted by Gasteiger charge is 2.25. The van der Waals surface area contributed by atoms with Crippen molar-refractivity contribution in [2.75, 3.05) is 0 Å². The Morgan fingerprint density at radius 3 is 2.33 bits per heavy atom. The maximum Gasteiger partial charge on any atom is 0.167 e. The van der Waals surface area contributed by atoms with Crippen molar-refractivity contribution in [1.82, 2.24) is 15.0 Å². The average Bonchev–Trinajstić information content (AvgIpc) is 3.63. The van der Waals surface area contributed by atoms with E-state index in [2.05, 4.69) is 60.7 Å². The van der Waals surface area contributed by atoms with Crippen LogP contribution in [0.1, 0.15) is 23.6 Å². The van der Waals surface area contributed by atoms with Crippen LogP contribution in [-0.4, -0.2) is 15.0 Å². The molecule has 0 N–H and O–H groups in total. The maximum absolute atomic E-state index is 6.81. The summed E-state index contributed by atoms with van der Waals surface area (Å²) in [4.78, 5) is 15.2. The van der Waals surface area contributed by atoms with Crippen LogP contribution in [0.3, 0.4) is 0 Å². The third-order valence-corrected chi connectivity index (χ3v) is 9.77. The van der Waals surface area contributed by atoms with Gasteiger partial charge in [-0.15, -0.1) is 11.3 Å². The monoisotopic (exact) mass is 591 g/mol. The van der Waals surface area contributed by atoms with Gasteiger partial charge < -0.3 is 4.42 Å². The van der Waals surface area contributed by atoms with Crippen molar-refractivity contribution in [2.45, 2.75) is 12.8 Å². The van der Waals surface area contributed by atoms with Gasteiger partial charge in [0.1, 0.15) is 11.3 Å². The zero-order valence-corrected chi connectivity index (χ0v) is 24.4. The van der Waals surface area contributed by atoms with Crippen LogP contribution in [0.15, 0.2) is 114 Å². The highest BCUT2D eigenvalue weighted by Crippen LogP contribution is 2.44. The molecule has 1 aliphatic rings. The SMILES string of the molecule is Clc1cc(-c2nc(C3=CCCc4c3oc3ccccc43)nc(-c3ccccc3)n2)c2sc3c4ccccc4ccc3c2c1. The molecule has 5 aromatic carbocycles.